The Bertz CT molecular complexity index is 452. The van der Waals surface area contributed by atoms with E-state index in [4.69, 9.17) is 0 Å². The Morgan fingerprint density at radius 3 is 1.53 bits per heavy atom. The van der Waals surface area contributed by atoms with Gasteiger partial charge in [0.2, 0.25) is 0 Å². The standard InChI is InChI=1S/C10H17P3.C6H6/c1-6(11)8-4-3-5-9(13)10(8)7(2)12;1-2-4-6-5-3-1/h3-7H,11-13H2,1-2H3;1-6H. The summed E-state index contributed by atoms with van der Waals surface area (Å²) in [5.41, 5.74) is 3.92. The zero-order chi connectivity index (χ0) is 14.3. The first-order valence-corrected chi connectivity index (χ1v) is 8.34. The van der Waals surface area contributed by atoms with E-state index in [1.54, 1.807) is 0 Å². The Morgan fingerprint density at radius 1 is 0.737 bits per heavy atom. The van der Waals surface area contributed by atoms with Gasteiger partial charge in [-0.15, -0.1) is 27.7 Å². The molecule has 3 heteroatoms. The molecule has 2 aromatic rings. The molecule has 0 aliphatic heterocycles. The Kier molecular flexibility index (Phi) is 7.78. The highest BCUT2D eigenvalue weighted by molar-refractivity contribution is 7.28. The van der Waals surface area contributed by atoms with Gasteiger partial charge in [0.05, 0.1) is 0 Å². The van der Waals surface area contributed by atoms with E-state index in [-0.39, 0.29) is 0 Å². The average Bonchev–Trinajstić information content (AvgIpc) is 2.40. The fourth-order valence-electron chi connectivity index (χ4n) is 1.91. The molecule has 0 saturated heterocycles. The SMILES string of the molecule is CC(P)c1cccc(P)c1C(C)P.c1ccccc1. The van der Waals surface area contributed by atoms with E-state index >= 15 is 0 Å². The van der Waals surface area contributed by atoms with Crippen LogP contribution in [0.2, 0.25) is 0 Å². The highest BCUT2D eigenvalue weighted by Crippen LogP contribution is 2.32. The topological polar surface area (TPSA) is 0 Å². The quantitative estimate of drug-likeness (QED) is 0.703. The van der Waals surface area contributed by atoms with Gasteiger partial charge in [-0.05, 0) is 27.7 Å². The minimum atomic E-state index is 0.520. The van der Waals surface area contributed by atoms with Gasteiger partial charge in [-0.1, -0.05) is 68.4 Å². The molecule has 2 rings (SSSR count). The summed E-state index contributed by atoms with van der Waals surface area (Å²) in [6, 6.07) is 18.5. The first kappa shape index (κ1) is 16.8. The van der Waals surface area contributed by atoms with Crippen LogP contribution in [0.1, 0.15) is 36.3 Å². The Labute approximate surface area is 124 Å². The van der Waals surface area contributed by atoms with Crippen molar-refractivity contribution in [1.29, 1.82) is 0 Å². The molecule has 102 valence electrons. The Hall–Kier alpha value is -0.270. The van der Waals surface area contributed by atoms with Crippen LogP contribution < -0.4 is 5.30 Å². The lowest BCUT2D eigenvalue weighted by Crippen LogP contribution is -2.06. The second-order valence-corrected chi connectivity index (χ2v) is 7.20. The lowest BCUT2D eigenvalue weighted by molar-refractivity contribution is 1.01. The summed E-state index contributed by atoms with van der Waals surface area (Å²) in [6.45, 7) is 4.42. The Morgan fingerprint density at radius 2 is 1.21 bits per heavy atom. The maximum absolute atomic E-state index is 2.86. The van der Waals surface area contributed by atoms with Gasteiger partial charge in [0.25, 0.3) is 0 Å². The highest BCUT2D eigenvalue weighted by Gasteiger charge is 2.11. The highest BCUT2D eigenvalue weighted by atomic mass is 31.0. The summed E-state index contributed by atoms with van der Waals surface area (Å²) in [5.74, 6) is 0. The zero-order valence-corrected chi connectivity index (χ0v) is 15.0. The molecule has 0 spiro atoms. The number of rotatable bonds is 2. The van der Waals surface area contributed by atoms with Crippen molar-refractivity contribution in [2.75, 3.05) is 0 Å². The van der Waals surface area contributed by atoms with E-state index in [1.165, 1.54) is 16.4 Å². The third kappa shape index (κ3) is 5.71. The summed E-state index contributed by atoms with van der Waals surface area (Å²) < 4.78 is 0. The van der Waals surface area contributed by atoms with Crippen molar-refractivity contribution >= 4 is 33.0 Å². The average molecular weight is 308 g/mol. The van der Waals surface area contributed by atoms with Crippen LogP contribution in [0.5, 0.6) is 0 Å². The van der Waals surface area contributed by atoms with Gasteiger partial charge >= 0.3 is 0 Å². The van der Waals surface area contributed by atoms with E-state index in [1.807, 2.05) is 36.4 Å². The van der Waals surface area contributed by atoms with Gasteiger partial charge in [-0.25, -0.2) is 0 Å². The molecule has 0 aliphatic rings. The largest absolute Gasteiger partial charge is 0.130 e. The third-order valence-corrected chi connectivity index (χ3v) is 3.98. The molecule has 19 heavy (non-hydrogen) atoms. The van der Waals surface area contributed by atoms with E-state index in [9.17, 15) is 0 Å². The normalized spacial score (nSPS) is 13.1. The molecule has 0 radical (unpaired) electrons. The maximum Gasteiger partial charge on any atom is -0.00337 e. The minimum Gasteiger partial charge on any atom is -0.130 e. The van der Waals surface area contributed by atoms with Crippen molar-refractivity contribution in [1.82, 2.24) is 0 Å². The van der Waals surface area contributed by atoms with Gasteiger partial charge in [-0.3, -0.25) is 0 Å². The van der Waals surface area contributed by atoms with Crippen LogP contribution in [-0.4, -0.2) is 0 Å². The van der Waals surface area contributed by atoms with Crippen LogP contribution in [0.25, 0.3) is 0 Å². The maximum atomic E-state index is 2.86. The molecule has 0 saturated carbocycles. The summed E-state index contributed by atoms with van der Waals surface area (Å²) >= 11 is 0. The Balaban J connectivity index is 0.000000250. The lowest BCUT2D eigenvalue weighted by Gasteiger charge is -2.17. The number of hydrogen-bond donors (Lipinski definition) is 0. The lowest BCUT2D eigenvalue weighted by atomic mass is 10.0. The molecule has 2 aromatic carbocycles. The molecular weight excluding hydrogens is 285 g/mol. The summed E-state index contributed by atoms with van der Waals surface area (Å²) in [4.78, 5) is 0. The molecule has 0 nitrogen and oxygen atoms in total. The second kappa shape index (κ2) is 8.81. The number of hydrogen-bond acceptors (Lipinski definition) is 0. The fraction of sp³-hybridized carbons (Fsp3) is 0.250. The van der Waals surface area contributed by atoms with Crippen molar-refractivity contribution < 1.29 is 0 Å². The molecule has 0 fully saturated rings. The number of benzene rings is 2. The van der Waals surface area contributed by atoms with Gasteiger partial charge in [0.1, 0.15) is 0 Å². The first-order valence-electron chi connectivity index (χ1n) is 6.43. The van der Waals surface area contributed by atoms with Gasteiger partial charge in [0.15, 0.2) is 0 Å². The van der Waals surface area contributed by atoms with Crippen LogP contribution in [-0.2, 0) is 0 Å². The molecule has 5 unspecified atom stereocenters. The van der Waals surface area contributed by atoms with Crippen LogP contribution in [0, 0.1) is 0 Å². The van der Waals surface area contributed by atoms with Crippen molar-refractivity contribution in [3.05, 3.63) is 65.7 Å². The van der Waals surface area contributed by atoms with Crippen molar-refractivity contribution in [2.24, 2.45) is 0 Å². The third-order valence-electron chi connectivity index (χ3n) is 2.79. The zero-order valence-electron chi connectivity index (χ0n) is 11.6. The molecule has 0 heterocycles. The molecular formula is C16H23P3. The summed E-state index contributed by atoms with van der Waals surface area (Å²) in [7, 11) is 8.53. The molecule has 0 amide bonds. The van der Waals surface area contributed by atoms with Crippen molar-refractivity contribution in [2.45, 2.75) is 25.2 Å². The van der Waals surface area contributed by atoms with Crippen LogP contribution >= 0.6 is 27.7 Å². The van der Waals surface area contributed by atoms with Crippen LogP contribution in [0.3, 0.4) is 0 Å². The molecule has 0 aliphatic carbocycles. The fourth-order valence-corrected chi connectivity index (χ4v) is 3.32. The summed E-state index contributed by atoms with van der Waals surface area (Å²) in [6.07, 6.45) is 0. The molecule has 0 aromatic heterocycles. The van der Waals surface area contributed by atoms with E-state index in [2.05, 4.69) is 59.8 Å². The molecule has 5 atom stereocenters. The smallest absolute Gasteiger partial charge is 0.00337 e. The van der Waals surface area contributed by atoms with E-state index in [0.29, 0.717) is 11.3 Å². The van der Waals surface area contributed by atoms with Gasteiger partial charge < -0.3 is 0 Å². The molecule has 0 N–H and O–H groups in total. The second-order valence-electron chi connectivity index (χ2n) is 4.58. The van der Waals surface area contributed by atoms with Gasteiger partial charge in [-0.2, -0.15) is 0 Å². The van der Waals surface area contributed by atoms with Crippen LogP contribution in [0.15, 0.2) is 54.6 Å². The minimum absolute atomic E-state index is 0.520. The van der Waals surface area contributed by atoms with Crippen molar-refractivity contribution in [3.8, 4) is 0 Å². The first-order chi connectivity index (χ1) is 9.04. The van der Waals surface area contributed by atoms with E-state index in [0.717, 1.165) is 0 Å². The predicted molar refractivity (Wildman–Crippen MR) is 98.5 cm³/mol. The monoisotopic (exact) mass is 308 g/mol. The van der Waals surface area contributed by atoms with E-state index < -0.39 is 0 Å². The van der Waals surface area contributed by atoms with Gasteiger partial charge in [0, 0.05) is 0 Å². The predicted octanol–water partition coefficient (Wildman–Crippen LogP) is 4.75. The summed E-state index contributed by atoms with van der Waals surface area (Å²) in [5, 5.41) is 1.31. The molecule has 0 bridgehead atoms. The van der Waals surface area contributed by atoms with Crippen LogP contribution in [0.4, 0.5) is 0 Å². The van der Waals surface area contributed by atoms with Crippen molar-refractivity contribution in [3.63, 3.8) is 0 Å².